The summed E-state index contributed by atoms with van der Waals surface area (Å²) in [6, 6.07) is 0. The lowest BCUT2D eigenvalue weighted by Gasteiger charge is -2.19. The van der Waals surface area contributed by atoms with Crippen LogP contribution in [0.25, 0.3) is 0 Å². The fraction of sp³-hybridized carbons (Fsp3) is 1.00. The van der Waals surface area contributed by atoms with Crippen molar-refractivity contribution in [2.45, 2.75) is 13.8 Å². The van der Waals surface area contributed by atoms with Gasteiger partial charge >= 0.3 is 0 Å². The summed E-state index contributed by atoms with van der Waals surface area (Å²) in [4.78, 5) is 0. The van der Waals surface area contributed by atoms with Crippen LogP contribution in [0.4, 0.5) is 0 Å². The molecule has 1 rings (SSSR count). The van der Waals surface area contributed by atoms with Crippen LogP contribution in [0.2, 0.25) is 0 Å². The van der Waals surface area contributed by atoms with Crippen LogP contribution < -0.4 is 5.32 Å². The molecule has 1 aliphatic rings. The van der Waals surface area contributed by atoms with Crippen LogP contribution in [0.5, 0.6) is 0 Å². The molecule has 84 valence electrons. The Morgan fingerprint density at radius 1 is 1.57 bits per heavy atom. The minimum Gasteiger partial charge on any atom is -0.319 e. The maximum absolute atomic E-state index is 11.6. The van der Waals surface area contributed by atoms with Gasteiger partial charge < -0.3 is 5.32 Å². The highest BCUT2D eigenvalue weighted by Gasteiger charge is 2.33. The molecule has 1 saturated heterocycles. The zero-order valence-electron chi connectivity index (χ0n) is 9.16. The molecule has 0 aromatic carbocycles. The van der Waals surface area contributed by atoms with Gasteiger partial charge in [0, 0.05) is 13.1 Å². The Morgan fingerprint density at radius 2 is 2.21 bits per heavy atom. The highest BCUT2D eigenvalue weighted by Crippen LogP contribution is 2.19. The Kier molecular flexibility index (Phi) is 3.92. The van der Waals surface area contributed by atoms with E-state index >= 15 is 0 Å². The first kappa shape index (κ1) is 11.9. The third kappa shape index (κ3) is 2.93. The van der Waals surface area contributed by atoms with Gasteiger partial charge in [0.25, 0.3) is 0 Å². The molecule has 0 bridgehead atoms. The van der Waals surface area contributed by atoms with Gasteiger partial charge in [0.15, 0.2) is 0 Å². The summed E-state index contributed by atoms with van der Waals surface area (Å²) in [5, 5.41) is 3.06. The van der Waals surface area contributed by atoms with Crippen molar-refractivity contribution < 1.29 is 8.42 Å². The van der Waals surface area contributed by atoms with E-state index in [1.54, 1.807) is 4.31 Å². The molecule has 0 spiro atoms. The van der Waals surface area contributed by atoms with Crippen molar-refractivity contribution >= 4 is 10.0 Å². The number of hydrogen-bond acceptors (Lipinski definition) is 3. The maximum Gasteiger partial charge on any atom is 0.214 e. The molecule has 0 saturated carbocycles. The van der Waals surface area contributed by atoms with Gasteiger partial charge in [0.05, 0.1) is 5.75 Å². The molecule has 1 fully saturated rings. The quantitative estimate of drug-likeness (QED) is 0.732. The second-order valence-corrected chi connectivity index (χ2v) is 6.38. The van der Waals surface area contributed by atoms with E-state index < -0.39 is 10.0 Å². The lowest BCUT2D eigenvalue weighted by atomic mass is 10.1. The van der Waals surface area contributed by atoms with Crippen molar-refractivity contribution in [3.8, 4) is 0 Å². The minimum absolute atomic E-state index is 0.279. The zero-order valence-corrected chi connectivity index (χ0v) is 9.97. The Balaban J connectivity index is 2.53. The van der Waals surface area contributed by atoms with E-state index in [9.17, 15) is 8.42 Å². The monoisotopic (exact) mass is 220 g/mol. The third-order valence-corrected chi connectivity index (χ3v) is 4.55. The first-order valence-corrected chi connectivity index (χ1v) is 6.69. The Morgan fingerprint density at radius 3 is 2.64 bits per heavy atom. The first-order valence-electron chi connectivity index (χ1n) is 5.08. The number of nitrogens with one attached hydrogen (secondary N) is 1. The fourth-order valence-corrected chi connectivity index (χ4v) is 3.93. The average Bonchev–Trinajstić information content (AvgIpc) is 2.25. The van der Waals surface area contributed by atoms with Gasteiger partial charge in [-0.05, 0) is 25.4 Å². The topological polar surface area (TPSA) is 49.4 Å². The lowest BCUT2D eigenvalue weighted by molar-refractivity contribution is 0.352. The average molecular weight is 220 g/mol. The van der Waals surface area contributed by atoms with Crippen molar-refractivity contribution in [2.24, 2.45) is 11.8 Å². The van der Waals surface area contributed by atoms with Gasteiger partial charge in [-0.1, -0.05) is 13.8 Å². The van der Waals surface area contributed by atoms with Crippen LogP contribution in [-0.2, 0) is 10.0 Å². The first-order chi connectivity index (χ1) is 6.45. The van der Waals surface area contributed by atoms with E-state index in [1.165, 1.54) is 0 Å². The summed E-state index contributed by atoms with van der Waals surface area (Å²) in [6.07, 6.45) is 0. The van der Waals surface area contributed by atoms with Gasteiger partial charge in [-0.15, -0.1) is 0 Å². The molecular formula is C9H20N2O2S. The molecular weight excluding hydrogens is 200 g/mol. The molecule has 14 heavy (non-hydrogen) atoms. The fourth-order valence-electron chi connectivity index (χ4n) is 1.93. The number of rotatable bonds is 4. The summed E-state index contributed by atoms with van der Waals surface area (Å²) in [7, 11) is -1.06. The van der Waals surface area contributed by atoms with Gasteiger partial charge in [-0.25, -0.2) is 12.7 Å². The molecule has 2 atom stereocenters. The molecule has 1 aliphatic heterocycles. The van der Waals surface area contributed by atoms with Crippen LogP contribution in [0, 0.1) is 11.8 Å². The summed E-state index contributed by atoms with van der Waals surface area (Å²) < 4.78 is 24.9. The minimum atomic E-state index is -2.94. The van der Waals surface area contributed by atoms with E-state index in [1.807, 2.05) is 14.0 Å². The molecule has 1 N–H and O–H groups in total. The predicted octanol–water partition coefficient (Wildman–Crippen LogP) is 0.123. The van der Waals surface area contributed by atoms with Gasteiger partial charge in [0.2, 0.25) is 10.0 Å². The molecule has 0 aromatic rings. The van der Waals surface area contributed by atoms with Crippen molar-refractivity contribution in [2.75, 3.05) is 32.4 Å². The molecule has 4 nitrogen and oxygen atoms in total. The molecule has 0 aliphatic carbocycles. The summed E-state index contributed by atoms with van der Waals surface area (Å²) in [5.74, 6) is 0.973. The second kappa shape index (κ2) is 4.59. The smallest absolute Gasteiger partial charge is 0.214 e. The number of sulfonamides is 1. The van der Waals surface area contributed by atoms with Crippen molar-refractivity contribution in [3.63, 3.8) is 0 Å². The zero-order chi connectivity index (χ0) is 10.8. The Labute approximate surface area is 86.7 Å². The highest BCUT2D eigenvalue weighted by atomic mass is 32.2. The van der Waals surface area contributed by atoms with Crippen LogP contribution >= 0.6 is 0 Å². The molecule has 0 radical (unpaired) electrons. The van der Waals surface area contributed by atoms with Crippen molar-refractivity contribution in [1.29, 1.82) is 0 Å². The van der Waals surface area contributed by atoms with Crippen LogP contribution in [0.3, 0.4) is 0 Å². The molecule has 1 heterocycles. The SMILES string of the molecule is CNCC(C)CN1CC(C)CS1(=O)=O. The van der Waals surface area contributed by atoms with Crippen molar-refractivity contribution in [3.05, 3.63) is 0 Å². The molecule has 2 unspecified atom stereocenters. The van der Waals surface area contributed by atoms with Gasteiger partial charge in [0.1, 0.15) is 0 Å². The normalized spacial score (nSPS) is 29.2. The summed E-state index contributed by atoms with van der Waals surface area (Å²) in [6.45, 7) is 6.25. The van der Waals surface area contributed by atoms with E-state index in [-0.39, 0.29) is 5.92 Å². The number of hydrogen-bond donors (Lipinski definition) is 1. The number of nitrogens with zero attached hydrogens (tertiary/aromatic N) is 1. The standard InChI is InChI=1S/C9H20N2O2S/c1-8(4-10-3)5-11-6-9(2)7-14(11,12)13/h8-10H,4-7H2,1-3H3. The summed E-state index contributed by atoms with van der Waals surface area (Å²) >= 11 is 0. The lowest BCUT2D eigenvalue weighted by Crippen LogP contribution is -2.33. The van der Waals surface area contributed by atoms with Gasteiger partial charge in [-0.3, -0.25) is 0 Å². The van der Waals surface area contributed by atoms with E-state index in [2.05, 4.69) is 12.2 Å². The molecule has 5 heteroatoms. The molecule has 0 aromatic heterocycles. The van der Waals surface area contributed by atoms with E-state index in [0.29, 0.717) is 24.8 Å². The van der Waals surface area contributed by atoms with Gasteiger partial charge in [-0.2, -0.15) is 0 Å². The van der Waals surface area contributed by atoms with E-state index in [0.717, 1.165) is 6.54 Å². The van der Waals surface area contributed by atoms with E-state index in [4.69, 9.17) is 0 Å². The largest absolute Gasteiger partial charge is 0.319 e. The Bertz CT molecular complexity index is 277. The van der Waals surface area contributed by atoms with Crippen LogP contribution in [-0.4, -0.2) is 45.2 Å². The predicted molar refractivity (Wildman–Crippen MR) is 57.6 cm³/mol. The maximum atomic E-state index is 11.6. The molecule has 0 amide bonds. The third-order valence-electron chi connectivity index (χ3n) is 2.47. The van der Waals surface area contributed by atoms with Crippen LogP contribution in [0.1, 0.15) is 13.8 Å². The highest BCUT2D eigenvalue weighted by molar-refractivity contribution is 7.89. The summed E-state index contributed by atoms with van der Waals surface area (Å²) in [5.41, 5.74) is 0. The van der Waals surface area contributed by atoms with Crippen molar-refractivity contribution in [1.82, 2.24) is 9.62 Å². The van der Waals surface area contributed by atoms with Crippen LogP contribution in [0.15, 0.2) is 0 Å². The second-order valence-electron chi connectivity index (χ2n) is 4.36. The Hall–Kier alpha value is -0.130.